The molecule has 1 fully saturated rings. The van der Waals surface area contributed by atoms with E-state index in [2.05, 4.69) is 42.3 Å². The maximum absolute atomic E-state index is 12.3. The number of carboxylic acids is 1. The van der Waals surface area contributed by atoms with Crippen molar-refractivity contribution in [2.75, 3.05) is 25.4 Å². The van der Waals surface area contributed by atoms with E-state index >= 15 is 0 Å². The van der Waals surface area contributed by atoms with Gasteiger partial charge in [0, 0.05) is 36.7 Å². The molecular weight excluding hydrogens is 418 g/mol. The molecule has 162 valence electrons. The number of carbonyl (C=O) groups excluding carboxylic acids is 1. The molecule has 8 heteroatoms. The van der Waals surface area contributed by atoms with E-state index in [9.17, 15) is 9.59 Å². The molecule has 1 aromatic carbocycles. The number of thiazole rings is 1. The van der Waals surface area contributed by atoms with E-state index in [1.807, 2.05) is 4.90 Å². The van der Waals surface area contributed by atoms with Gasteiger partial charge in [-0.3, -0.25) is 4.79 Å². The van der Waals surface area contributed by atoms with E-state index in [4.69, 9.17) is 5.11 Å². The number of likely N-dealkylation sites (tertiary alicyclic amines) is 1. The van der Waals surface area contributed by atoms with Crippen LogP contribution in [0.2, 0.25) is 0 Å². The number of carboxylic acid groups (broad SMARTS) is 1. The Morgan fingerprint density at radius 1 is 1.43 bits per heavy atom. The highest BCUT2D eigenvalue weighted by molar-refractivity contribution is 8.01. The number of hydrogen-bond acceptors (Lipinski definition) is 6. The summed E-state index contributed by atoms with van der Waals surface area (Å²) in [6, 6.07) is 6.94. The van der Waals surface area contributed by atoms with Gasteiger partial charge in [0.2, 0.25) is 5.91 Å². The van der Waals surface area contributed by atoms with Crippen LogP contribution in [0.5, 0.6) is 0 Å². The predicted octanol–water partition coefficient (Wildman–Crippen LogP) is 3.63. The summed E-state index contributed by atoms with van der Waals surface area (Å²) in [5.74, 6) is -0.0771. The van der Waals surface area contributed by atoms with E-state index in [0.717, 1.165) is 42.4 Å². The minimum Gasteiger partial charge on any atom is -0.476 e. The summed E-state index contributed by atoms with van der Waals surface area (Å²) in [7, 11) is 0. The first-order valence-corrected chi connectivity index (χ1v) is 12.2. The van der Waals surface area contributed by atoms with Crippen LogP contribution < -0.4 is 5.32 Å². The number of benzene rings is 1. The SMILES string of the molecule is CCc1ccc(CCNCC2CCC(=O)N2CCSc2nc(C(=O)O)cs2)cc1C. The Balaban J connectivity index is 1.41. The Bertz CT molecular complexity index is 884. The number of nitrogens with one attached hydrogen (secondary N) is 1. The number of carbonyl (C=O) groups is 2. The number of aromatic carboxylic acids is 1. The van der Waals surface area contributed by atoms with E-state index in [0.29, 0.717) is 13.0 Å². The van der Waals surface area contributed by atoms with Crippen LogP contribution in [0.3, 0.4) is 0 Å². The molecule has 30 heavy (non-hydrogen) atoms. The molecule has 0 radical (unpaired) electrons. The van der Waals surface area contributed by atoms with Gasteiger partial charge < -0.3 is 15.3 Å². The quantitative estimate of drug-likeness (QED) is 0.404. The van der Waals surface area contributed by atoms with Gasteiger partial charge in [-0.2, -0.15) is 0 Å². The third-order valence-corrected chi connectivity index (χ3v) is 7.47. The average molecular weight is 448 g/mol. The standard InChI is InChI=1S/C22H29N3O3S2/c1-3-17-5-4-16(12-15(17)2)8-9-23-13-18-6-7-20(26)25(18)10-11-29-22-24-19(14-30-22)21(27)28/h4-5,12,14,18,23H,3,6-11,13H2,1-2H3,(H,27,28). The first-order valence-electron chi connectivity index (χ1n) is 10.4. The van der Waals surface area contributed by atoms with E-state index in [-0.39, 0.29) is 17.6 Å². The second-order valence-electron chi connectivity index (χ2n) is 7.50. The monoisotopic (exact) mass is 447 g/mol. The second-order valence-corrected chi connectivity index (χ2v) is 9.70. The summed E-state index contributed by atoms with van der Waals surface area (Å²) < 4.78 is 0.734. The smallest absolute Gasteiger partial charge is 0.355 e. The molecule has 3 rings (SSSR count). The summed E-state index contributed by atoms with van der Waals surface area (Å²) >= 11 is 2.84. The number of hydrogen-bond donors (Lipinski definition) is 2. The maximum Gasteiger partial charge on any atom is 0.355 e. The molecule has 1 amide bonds. The van der Waals surface area contributed by atoms with Crippen LogP contribution in [-0.4, -0.2) is 58.3 Å². The molecular formula is C22H29N3O3S2. The molecule has 0 aliphatic carbocycles. The molecule has 2 aromatic rings. The molecule has 1 aliphatic heterocycles. The lowest BCUT2D eigenvalue weighted by molar-refractivity contribution is -0.128. The van der Waals surface area contributed by atoms with Gasteiger partial charge in [-0.15, -0.1) is 11.3 Å². The lowest BCUT2D eigenvalue weighted by atomic mass is 10.0. The highest BCUT2D eigenvalue weighted by Crippen LogP contribution is 2.25. The molecule has 0 bridgehead atoms. The Hall–Kier alpha value is -1.90. The molecule has 2 heterocycles. The van der Waals surface area contributed by atoms with Crippen LogP contribution >= 0.6 is 23.1 Å². The molecule has 1 unspecified atom stereocenters. The van der Waals surface area contributed by atoms with Crippen LogP contribution in [0.25, 0.3) is 0 Å². The molecule has 0 spiro atoms. The van der Waals surface area contributed by atoms with Crippen molar-refractivity contribution in [2.24, 2.45) is 0 Å². The number of nitrogens with zero attached hydrogens (tertiary/aromatic N) is 2. The van der Waals surface area contributed by atoms with Crippen molar-refractivity contribution in [3.05, 3.63) is 46.0 Å². The van der Waals surface area contributed by atoms with Gasteiger partial charge in [-0.25, -0.2) is 9.78 Å². The lowest BCUT2D eigenvalue weighted by Gasteiger charge is -2.25. The Kier molecular flexibility index (Phi) is 8.30. The van der Waals surface area contributed by atoms with Gasteiger partial charge in [0.25, 0.3) is 0 Å². The summed E-state index contributed by atoms with van der Waals surface area (Å²) in [5.41, 5.74) is 4.19. The van der Waals surface area contributed by atoms with Crippen molar-refractivity contribution < 1.29 is 14.7 Å². The molecule has 6 nitrogen and oxygen atoms in total. The van der Waals surface area contributed by atoms with Gasteiger partial charge in [0.05, 0.1) is 0 Å². The topological polar surface area (TPSA) is 82.5 Å². The minimum atomic E-state index is -1.00. The molecule has 0 saturated carbocycles. The number of amides is 1. The first-order chi connectivity index (χ1) is 14.5. The average Bonchev–Trinajstić information content (AvgIpc) is 3.33. The summed E-state index contributed by atoms with van der Waals surface area (Å²) in [6.45, 7) is 6.72. The Morgan fingerprint density at radius 3 is 2.97 bits per heavy atom. The predicted molar refractivity (Wildman–Crippen MR) is 122 cm³/mol. The fourth-order valence-corrected chi connectivity index (χ4v) is 5.59. The fourth-order valence-electron chi connectivity index (χ4n) is 3.78. The third-order valence-electron chi connectivity index (χ3n) is 5.47. The zero-order valence-corrected chi connectivity index (χ0v) is 19.2. The summed E-state index contributed by atoms with van der Waals surface area (Å²) in [5, 5.41) is 14.0. The van der Waals surface area contributed by atoms with E-state index in [1.165, 1.54) is 39.8 Å². The highest BCUT2D eigenvalue weighted by Gasteiger charge is 2.30. The van der Waals surface area contributed by atoms with E-state index in [1.54, 1.807) is 5.38 Å². The van der Waals surface area contributed by atoms with Gasteiger partial charge in [-0.05, 0) is 49.4 Å². The second kappa shape index (κ2) is 10.9. The van der Waals surface area contributed by atoms with Gasteiger partial charge >= 0.3 is 5.97 Å². The summed E-state index contributed by atoms with van der Waals surface area (Å²) in [6.07, 6.45) is 3.55. The molecule has 1 aromatic heterocycles. The van der Waals surface area contributed by atoms with Crippen molar-refractivity contribution in [1.82, 2.24) is 15.2 Å². The van der Waals surface area contributed by atoms with Gasteiger partial charge in [-0.1, -0.05) is 36.9 Å². The van der Waals surface area contributed by atoms with Crippen molar-refractivity contribution >= 4 is 35.0 Å². The van der Waals surface area contributed by atoms with Crippen LogP contribution in [0.1, 0.15) is 46.9 Å². The number of rotatable bonds is 11. The third kappa shape index (κ3) is 6.06. The zero-order chi connectivity index (χ0) is 21.5. The lowest BCUT2D eigenvalue weighted by Crippen LogP contribution is -2.41. The van der Waals surface area contributed by atoms with Crippen molar-refractivity contribution in [2.45, 2.75) is 49.9 Å². The molecule has 2 N–H and O–H groups in total. The largest absolute Gasteiger partial charge is 0.476 e. The minimum absolute atomic E-state index is 0.0846. The van der Waals surface area contributed by atoms with Crippen LogP contribution in [0, 0.1) is 6.92 Å². The van der Waals surface area contributed by atoms with Crippen molar-refractivity contribution in [3.63, 3.8) is 0 Å². The van der Waals surface area contributed by atoms with Crippen LogP contribution in [0.4, 0.5) is 0 Å². The molecule has 1 saturated heterocycles. The van der Waals surface area contributed by atoms with Crippen molar-refractivity contribution in [3.8, 4) is 0 Å². The zero-order valence-electron chi connectivity index (χ0n) is 17.5. The van der Waals surface area contributed by atoms with Gasteiger partial charge in [0.1, 0.15) is 0 Å². The molecule has 1 atom stereocenters. The van der Waals surface area contributed by atoms with Crippen LogP contribution in [-0.2, 0) is 17.6 Å². The Labute approximate surface area is 186 Å². The fraction of sp³-hybridized carbons (Fsp3) is 0.500. The molecule has 1 aliphatic rings. The van der Waals surface area contributed by atoms with Gasteiger partial charge in [0.15, 0.2) is 10.0 Å². The normalized spacial score (nSPS) is 16.4. The number of aromatic nitrogens is 1. The number of aryl methyl sites for hydroxylation is 2. The van der Waals surface area contributed by atoms with Crippen LogP contribution in [0.15, 0.2) is 27.9 Å². The summed E-state index contributed by atoms with van der Waals surface area (Å²) in [4.78, 5) is 29.2. The number of thioether (sulfide) groups is 1. The Morgan fingerprint density at radius 2 is 2.27 bits per heavy atom. The van der Waals surface area contributed by atoms with E-state index < -0.39 is 5.97 Å². The van der Waals surface area contributed by atoms with Crippen molar-refractivity contribution in [1.29, 1.82) is 0 Å². The first kappa shape index (κ1) is 22.8. The highest BCUT2D eigenvalue weighted by atomic mass is 32.2. The maximum atomic E-state index is 12.3.